The molecule has 1 aromatic heterocycles. The molecule has 1 aromatic rings. The lowest BCUT2D eigenvalue weighted by molar-refractivity contribution is 0.0910. The lowest BCUT2D eigenvalue weighted by Crippen LogP contribution is -2.41. The molecule has 0 spiro atoms. The number of nitrogens with one attached hydrogen (secondary N) is 2. The second-order valence-electron chi connectivity index (χ2n) is 6.41. The summed E-state index contributed by atoms with van der Waals surface area (Å²) in [4.78, 5) is 17.0. The van der Waals surface area contributed by atoms with E-state index in [1.165, 1.54) is 19.3 Å². The average molecular weight is 289 g/mol. The molecule has 0 aromatic carbocycles. The lowest BCUT2D eigenvalue weighted by Gasteiger charge is -2.29. The molecule has 2 rings (SSSR count). The lowest BCUT2D eigenvalue weighted by atomic mass is 9.86. The largest absolute Gasteiger partial charge is 0.373 e. The van der Waals surface area contributed by atoms with E-state index in [2.05, 4.69) is 36.4 Å². The fourth-order valence-corrected chi connectivity index (χ4v) is 2.89. The first kappa shape index (κ1) is 15.8. The number of anilines is 1. The molecule has 116 valence electrons. The van der Waals surface area contributed by atoms with Crippen molar-refractivity contribution in [3.05, 3.63) is 23.4 Å². The predicted octanol–water partition coefficient (Wildman–Crippen LogP) is 3.56. The van der Waals surface area contributed by atoms with E-state index in [0.29, 0.717) is 23.4 Å². The standard InChI is InChI=1S/C17H27N3O/c1-11(2)15-9-13(10-16(18-4)19-15)17(21)20-14-8-6-5-7-12(14)3/h9-12,14H,5-8H2,1-4H3,(H,18,19)(H,20,21). The Morgan fingerprint density at radius 3 is 2.62 bits per heavy atom. The Bertz CT molecular complexity index is 499. The zero-order valence-corrected chi connectivity index (χ0v) is 13.6. The number of carbonyl (C=O) groups is 1. The van der Waals surface area contributed by atoms with Crippen molar-refractivity contribution in [3.8, 4) is 0 Å². The van der Waals surface area contributed by atoms with Crippen molar-refractivity contribution in [2.45, 2.75) is 58.4 Å². The summed E-state index contributed by atoms with van der Waals surface area (Å²) in [6.07, 6.45) is 4.79. The van der Waals surface area contributed by atoms with Crippen LogP contribution in [0, 0.1) is 5.92 Å². The van der Waals surface area contributed by atoms with Crippen molar-refractivity contribution in [3.63, 3.8) is 0 Å². The maximum atomic E-state index is 12.5. The van der Waals surface area contributed by atoms with Gasteiger partial charge < -0.3 is 10.6 Å². The first-order valence-electron chi connectivity index (χ1n) is 8.02. The Hall–Kier alpha value is -1.58. The average Bonchev–Trinajstić information content (AvgIpc) is 2.49. The second kappa shape index (κ2) is 6.92. The molecular formula is C17H27N3O. The summed E-state index contributed by atoms with van der Waals surface area (Å²) in [5.74, 6) is 1.65. The van der Waals surface area contributed by atoms with Crippen molar-refractivity contribution in [1.82, 2.24) is 10.3 Å². The molecule has 2 N–H and O–H groups in total. The quantitative estimate of drug-likeness (QED) is 0.891. The fourth-order valence-electron chi connectivity index (χ4n) is 2.89. The summed E-state index contributed by atoms with van der Waals surface area (Å²) >= 11 is 0. The summed E-state index contributed by atoms with van der Waals surface area (Å²) in [5, 5.41) is 6.25. The minimum atomic E-state index is 0.0227. The molecule has 1 fully saturated rings. The third-order valence-corrected chi connectivity index (χ3v) is 4.38. The molecule has 0 radical (unpaired) electrons. The van der Waals surface area contributed by atoms with Crippen LogP contribution in [0.1, 0.15) is 68.4 Å². The number of amides is 1. The molecule has 2 atom stereocenters. The van der Waals surface area contributed by atoms with Crippen LogP contribution in [0.25, 0.3) is 0 Å². The van der Waals surface area contributed by atoms with Crippen molar-refractivity contribution in [1.29, 1.82) is 0 Å². The van der Waals surface area contributed by atoms with Crippen LogP contribution in [0.3, 0.4) is 0 Å². The maximum Gasteiger partial charge on any atom is 0.251 e. The zero-order valence-electron chi connectivity index (χ0n) is 13.6. The van der Waals surface area contributed by atoms with Gasteiger partial charge in [0.1, 0.15) is 5.82 Å². The Kier molecular flexibility index (Phi) is 5.21. The maximum absolute atomic E-state index is 12.5. The summed E-state index contributed by atoms with van der Waals surface area (Å²) in [6, 6.07) is 4.04. The van der Waals surface area contributed by atoms with E-state index in [0.717, 1.165) is 17.9 Å². The van der Waals surface area contributed by atoms with Crippen LogP contribution in [0.5, 0.6) is 0 Å². The third kappa shape index (κ3) is 3.96. The molecule has 4 heteroatoms. The van der Waals surface area contributed by atoms with Crippen molar-refractivity contribution in [2.75, 3.05) is 12.4 Å². The number of hydrogen-bond donors (Lipinski definition) is 2. The Morgan fingerprint density at radius 2 is 2.00 bits per heavy atom. The van der Waals surface area contributed by atoms with Crippen LogP contribution in [0.4, 0.5) is 5.82 Å². The minimum Gasteiger partial charge on any atom is -0.373 e. The summed E-state index contributed by atoms with van der Waals surface area (Å²) in [5.41, 5.74) is 1.65. The van der Waals surface area contributed by atoms with Crippen LogP contribution in [-0.4, -0.2) is 24.0 Å². The molecule has 21 heavy (non-hydrogen) atoms. The van der Waals surface area contributed by atoms with E-state index < -0.39 is 0 Å². The normalized spacial score (nSPS) is 22.1. The molecule has 0 aliphatic heterocycles. The van der Waals surface area contributed by atoms with Crippen molar-refractivity contribution in [2.24, 2.45) is 5.92 Å². The van der Waals surface area contributed by atoms with E-state index in [9.17, 15) is 4.79 Å². The van der Waals surface area contributed by atoms with Gasteiger partial charge in [-0.05, 0) is 36.8 Å². The number of carbonyl (C=O) groups excluding carboxylic acids is 1. The zero-order chi connectivity index (χ0) is 15.4. The molecule has 1 saturated carbocycles. The van der Waals surface area contributed by atoms with Gasteiger partial charge in [0.2, 0.25) is 0 Å². The second-order valence-corrected chi connectivity index (χ2v) is 6.41. The summed E-state index contributed by atoms with van der Waals surface area (Å²) in [6.45, 7) is 6.41. The van der Waals surface area contributed by atoms with Crippen LogP contribution >= 0.6 is 0 Å². The molecule has 1 heterocycles. The van der Waals surface area contributed by atoms with Crippen LogP contribution in [0.2, 0.25) is 0 Å². The van der Waals surface area contributed by atoms with Gasteiger partial charge in [0.25, 0.3) is 5.91 Å². The third-order valence-electron chi connectivity index (χ3n) is 4.38. The van der Waals surface area contributed by atoms with Crippen LogP contribution < -0.4 is 10.6 Å². The number of hydrogen-bond acceptors (Lipinski definition) is 3. The van der Waals surface area contributed by atoms with Crippen molar-refractivity contribution < 1.29 is 4.79 Å². The number of aromatic nitrogens is 1. The Balaban J connectivity index is 2.16. The molecular weight excluding hydrogens is 262 g/mol. The topological polar surface area (TPSA) is 54.0 Å². The van der Waals surface area contributed by atoms with Gasteiger partial charge in [-0.2, -0.15) is 0 Å². The molecule has 1 aliphatic carbocycles. The SMILES string of the molecule is CNc1cc(C(=O)NC2CCCCC2C)cc(C(C)C)n1. The van der Waals surface area contributed by atoms with Gasteiger partial charge in [0, 0.05) is 24.3 Å². The van der Waals surface area contributed by atoms with Gasteiger partial charge in [0.05, 0.1) is 0 Å². The number of pyridine rings is 1. The molecule has 0 saturated heterocycles. The fraction of sp³-hybridized carbons (Fsp3) is 0.647. The monoisotopic (exact) mass is 289 g/mol. The molecule has 4 nitrogen and oxygen atoms in total. The van der Waals surface area contributed by atoms with Gasteiger partial charge in [-0.1, -0.05) is 33.6 Å². The van der Waals surface area contributed by atoms with Crippen molar-refractivity contribution >= 4 is 11.7 Å². The van der Waals surface area contributed by atoms with Gasteiger partial charge in [-0.3, -0.25) is 4.79 Å². The van der Waals surface area contributed by atoms with Gasteiger partial charge in [-0.25, -0.2) is 4.98 Å². The highest BCUT2D eigenvalue weighted by atomic mass is 16.1. The highest BCUT2D eigenvalue weighted by Gasteiger charge is 2.23. The summed E-state index contributed by atoms with van der Waals surface area (Å²) in [7, 11) is 1.83. The number of nitrogens with zero attached hydrogens (tertiary/aromatic N) is 1. The van der Waals surface area contributed by atoms with E-state index in [1.54, 1.807) is 0 Å². The number of rotatable bonds is 4. The molecule has 1 aliphatic rings. The predicted molar refractivity (Wildman–Crippen MR) is 86.8 cm³/mol. The van der Waals surface area contributed by atoms with Crippen LogP contribution in [0.15, 0.2) is 12.1 Å². The van der Waals surface area contributed by atoms with E-state index in [4.69, 9.17) is 0 Å². The molecule has 0 bridgehead atoms. The molecule has 1 amide bonds. The first-order chi connectivity index (χ1) is 10.0. The smallest absolute Gasteiger partial charge is 0.251 e. The Morgan fingerprint density at radius 1 is 1.29 bits per heavy atom. The Labute approximate surface area is 127 Å². The summed E-state index contributed by atoms with van der Waals surface area (Å²) < 4.78 is 0. The molecule has 2 unspecified atom stereocenters. The highest BCUT2D eigenvalue weighted by molar-refractivity contribution is 5.95. The van der Waals surface area contributed by atoms with E-state index in [-0.39, 0.29) is 5.91 Å². The van der Waals surface area contributed by atoms with Gasteiger partial charge in [-0.15, -0.1) is 0 Å². The van der Waals surface area contributed by atoms with Gasteiger partial charge >= 0.3 is 0 Å². The van der Waals surface area contributed by atoms with E-state index in [1.807, 2.05) is 19.2 Å². The van der Waals surface area contributed by atoms with Crippen LogP contribution in [-0.2, 0) is 0 Å². The minimum absolute atomic E-state index is 0.0227. The van der Waals surface area contributed by atoms with E-state index >= 15 is 0 Å². The first-order valence-corrected chi connectivity index (χ1v) is 8.02. The van der Waals surface area contributed by atoms with Gasteiger partial charge in [0.15, 0.2) is 0 Å². The highest BCUT2D eigenvalue weighted by Crippen LogP contribution is 2.24.